The van der Waals surface area contributed by atoms with Gasteiger partial charge in [0, 0.05) is 32.3 Å². The van der Waals surface area contributed by atoms with Crippen LogP contribution >= 0.6 is 0 Å². The van der Waals surface area contributed by atoms with Crippen molar-refractivity contribution in [2.45, 2.75) is 64.0 Å². The number of nitrogens with two attached hydrogens (primary N) is 1. The third-order valence-corrected chi connectivity index (χ3v) is 4.61. The molecule has 1 aliphatic heterocycles. The van der Waals surface area contributed by atoms with Gasteiger partial charge < -0.3 is 20.7 Å². The molecule has 2 fully saturated rings. The quantitative estimate of drug-likeness (QED) is 0.764. The number of likely N-dealkylation sites (tertiary alicyclic amines) is 1. The van der Waals surface area contributed by atoms with Crippen LogP contribution in [0.25, 0.3) is 0 Å². The fourth-order valence-electron chi connectivity index (χ4n) is 3.26. The van der Waals surface area contributed by atoms with Crippen molar-refractivity contribution in [2.24, 2.45) is 11.7 Å². The molecule has 122 valence electrons. The molecule has 1 unspecified atom stereocenters. The zero-order chi connectivity index (χ0) is 15.1. The molecular weight excluding hydrogens is 266 g/mol. The SMILES string of the molecule is CC1CCCN(C(=O)NCCCOC2CCC(N)CC2)C1. The highest BCUT2D eigenvalue weighted by molar-refractivity contribution is 5.74. The van der Waals surface area contributed by atoms with Crippen LogP contribution in [0.2, 0.25) is 0 Å². The summed E-state index contributed by atoms with van der Waals surface area (Å²) in [6.45, 7) is 5.44. The Kier molecular flexibility index (Phi) is 6.77. The minimum atomic E-state index is 0.0881. The summed E-state index contributed by atoms with van der Waals surface area (Å²) < 4.78 is 5.86. The predicted molar refractivity (Wildman–Crippen MR) is 84.2 cm³/mol. The summed E-state index contributed by atoms with van der Waals surface area (Å²) in [4.78, 5) is 13.9. The molecule has 1 saturated carbocycles. The maximum Gasteiger partial charge on any atom is 0.317 e. The van der Waals surface area contributed by atoms with E-state index >= 15 is 0 Å². The van der Waals surface area contributed by atoms with Crippen LogP contribution in [0.3, 0.4) is 0 Å². The Morgan fingerprint density at radius 2 is 2.05 bits per heavy atom. The molecule has 0 aromatic rings. The fourth-order valence-corrected chi connectivity index (χ4v) is 3.26. The number of ether oxygens (including phenoxy) is 1. The number of nitrogens with zero attached hydrogens (tertiary/aromatic N) is 1. The first kappa shape index (κ1) is 16.6. The van der Waals surface area contributed by atoms with Gasteiger partial charge >= 0.3 is 6.03 Å². The van der Waals surface area contributed by atoms with Crippen molar-refractivity contribution in [3.63, 3.8) is 0 Å². The second-order valence-corrected chi connectivity index (χ2v) is 6.69. The van der Waals surface area contributed by atoms with E-state index in [0.717, 1.165) is 58.2 Å². The van der Waals surface area contributed by atoms with Crippen molar-refractivity contribution in [1.82, 2.24) is 10.2 Å². The maximum absolute atomic E-state index is 12.0. The Labute approximate surface area is 128 Å². The lowest BCUT2D eigenvalue weighted by Gasteiger charge is -2.31. The van der Waals surface area contributed by atoms with Crippen molar-refractivity contribution in [3.05, 3.63) is 0 Å². The Hall–Kier alpha value is -0.810. The second kappa shape index (κ2) is 8.59. The van der Waals surface area contributed by atoms with Gasteiger partial charge in [0.2, 0.25) is 0 Å². The first-order valence-electron chi connectivity index (χ1n) is 8.55. The molecule has 1 atom stereocenters. The van der Waals surface area contributed by atoms with Gasteiger partial charge in [0.1, 0.15) is 0 Å². The third kappa shape index (κ3) is 5.83. The molecule has 3 N–H and O–H groups in total. The van der Waals surface area contributed by atoms with Crippen LogP contribution in [0.5, 0.6) is 0 Å². The van der Waals surface area contributed by atoms with Crippen LogP contribution in [-0.2, 0) is 4.74 Å². The highest BCUT2D eigenvalue weighted by atomic mass is 16.5. The normalized spacial score (nSPS) is 30.2. The summed E-state index contributed by atoms with van der Waals surface area (Å²) in [6.07, 6.45) is 7.95. The van der Waals surface area contributed by atoms with Gasteiger partial charge in [-0.1, -0.05) is 6.92 Å². The van der Waals surface area contributed by atoms with Gasteiger partial charge in [0.05, 0.1) is 6.10 Å². The zero-order valence-corrected chi connectivity index (χ0v) is 13.4. The zero-order valence-electron chi connectivity index (χ0n) is 13.4. The molecule has 0 spiro atoms. The van der Waals surface area contributed by atoms with E-state index in [1.54, 1.807) is 0 Å². The standard InChI is InChI=1S/C16H31N3O2/c1-13-4-2-10-19(12-13)16(20)18-9-3-11-21-15-7-5-14(17)6-8-15/h13-15H,2-12,17H2,1H3,(H,18,20). The first-order chi connectivity index (χ1) is 10.1. The second-order valence-electron chi connectivity index (χ2n) is 6.69. The molecule has 5 heteroatoms. The molecule has 2 amide bonds. The van der Waals surface area contributed by atoms with E-state index in [-0.39, 0.29) is 6.03 Å². The van der Waals surface area contributed by atoms with Crippen molar-refractivity contribution < 1.29 is 9.53 Å². The van der Waals surface area contributed by atoms with Crippen LogP contribution in [0.1, 0.15) is 51.9 Å². The van der Waals surface area contributed by atoms with E-state index in [1.165, 1.54) is 6.42 Å². The average Bonchev–Trinajstić information content (AvgIpc) is 2.48. The Bertz CT molecular complexity index is 317. The lowest BCUT2D eigenvalue weighted by atomic mass is 9.94. The lowest BCUT2D eigenvalue weighted by Crippen LogP contribution is -2.45. The van der Waals surface area contributed by atoms with Crippen LogP contribution in [0, 0.1) is 5.92 Å². The van der Waals surface area contributed by atoms with Crippen molar-refractivity contribution in [2.75, 3.05) is 26.2 Å². The van der Waals surface area contributed by atoms with Crippen LogP contribution in [-0.4, -0.2) is 49.3 Å². The van der Waals surface area contributed by atoms with Crippen LogP contribution in [0.15, 0.2) is 0 Å². The lowest BCUT2D eigenvalue weighted by molar-refractivity contribution is 0.0242. The Morgan fingerprint density at radius 3 is 2.76 bits per heavy atom. The minimum Gasteiger partial charge on any atom is -0.378 e. The number of rotatable bonds is 5. The summed E-state index contributed by atoms with van der Waals surface area (Å²) in [5.41, 5.74) is 5.88. The van der Waals surface area contributed by atoms with Gasteiger partial charge in [-0.25, -0.2) is 4.79 Å². The highest BCUT2D eigenvalue weighted by Crippen LogP contribution is 2.19. The first-order valence-corrected chi connectivity index (χ1v) is 8.55. The van der Waals surface area contributed by atoms with Crippen molar-refractivity contribution in [3.8, 4) is 0 Å². The molecule has 5 nitrogen and oxygen atoms in total. The summed E-state index contributed by atoms with van der Waals surface area (Å²) in [7, 11) is 0. The van der Waals surface area contributed by atoms with Gasteiger partial charge in [-0.3, -0.25) is 0 Å². The largest absolute Gasteiger partial charge is 0.378 e. The predicted octanol–water partition coefficient (Wildman–Crippen LogP) is 2.10. The van der Waals surface area contributed by atoms with Gasteiger partial charge in [-0.15, -0.1) is 0 Å². The number of hydrogen-bond acceptors (Lipinski definition) is 3. The molecule has 2 aliphatic rings. The third-order valence-electron chi connectivity index (χ3n) is 4.61. The van der Waals surface area contributed by atoms with Gasteiger partial charge in [-0.2, -0.15) is 0 Å². The minimum absolute atomic E-state index is 0.0881. The number of piperidine rings is 1. The summed E-state index contributed by atoms with van der Waals surface area (Å²) in [5, 5.41) is 3.00. The molecule has 0 aromatic heterocycles. The number of hydrogen-bond donors (Lipinski definition) is 2. The summed E-state index contributed by atoms with van der Waals surface area (Å²) in [6, 6.07) is 0.460. The van der Waals surface area contributed by atoms with E-state index in [4.69, 9.17) is 10.5 Å². The molecule has 1 heterocycles. The molecule has 0 radical (unpaired) electrons. The maximum atomic E-state index is 12.0. The molecule has 0 aromatic carbocycles. The van der Waals surface area contributed by atoms with Crippen molar-refractivity contribution >= 4 is 6.03 Å². The molecule has 21 heavy (non-hydrogen) atoms. The monoisotopic (exact) mass is 297 g/mol. The Morgan fingerprint density at radius 1 is 1.29 bits per heavy atom. The summed E-state index contributed by atoms with van der Waals surface area (Å²) in [5.74, 6) is 0.630. The van der Waals surface area contributed by atoms with Gasteiger partial charge in [0.15, 0.2) is 0 Å². The van der Waals surface area contributed by atoms with Gasteiger partial charge in [-0.05, 0) is 50.9 Å². The number of nitrogens with one attached hydrogen (secondary N) is 1. The van der Waals surface area contributed by atoms with E-state index in [9.17, 15) is 4.79 Å². The number of amides is 2. The van der Waals surface area contributed by atoms with E-state index in [2.05, 4.69) is 12.2 Å². The number of urea groups is 1. The topological polar surface area (TPSA) is 67.6 Å². The Balaban J connectivity index is 1.50. The van der Waals surface area contributed by atoms with Crippen LogP contribution < -0.4 is 11.1 Å². The van der Waals surface area contributed by atoms with E-state index in [0.29, 0.717) is 24.6 Å². The molecule has 2 rings (SSSR count). The smallest absolute Gasteiger partial charge is 0.317 e. The highest BCUT2D eigenvalue weighted by Gasteiger charge is 2.21. The van der Waals surface area contributed by atoms with Crippen molar-refractivity contribution in [1.29, 1.82) is 0 Å². The van der Waals surface area contributed by atoms with Gasteiger partial charge in [0.25, 0.3) is 0 Å². The van der Waals surface area contributed by atoms with E-state index in [1.807, 2.05) is 4.90 Å². The molecule has 1 saturated heterocycles. The van der Waals surface area contributed by atoms with E-state index < -0.39 is 0 Å². The number of carbonyl (C=O) groups excluding carboxylic acids is 1. The average molecular weight is 297 g/mol. The molecular formula is C16H31N3O2. The fraction of sp³-hybridized carbons (Fsp3) is 0.938. The summed E-state index contributed by atoms with van der Waals surface area (Å²) >= 11 is 0. The van der Waals surface area contributed by atoms with Crippen LogP contribution in [0.4, 0.5) is 4.79 Å². The number of carbonyl (C=O) groups is 1. The molecule has 1 aliphatic carbocycles. The molecule has 0 bridgehead atoms.